The van der Waals surface area contributed by atoms with Gasteiger partial charge in [-0.1, -0.05) is 0 Å². The van der Waals surface area contributed by atoms with Gasteiger partial charge in [0.05, 0.1) is 10.6 Å². The molecule has 0 bridgehead atoms. The highest BCUT2D eigenvalue weighted by Crippen LogP contribution is 2.19. The van der Waals surface area contributed by atoms with Crippen LogP contribution in [-0.2, 0) is 0 Å². The zero-order valence-electron chi connectivity index (χ0n) is 6.24. The van der Waals surface area contributed by atoms with E-state index in [9.17, 15) is 4.79 Å². The van der Waals surface area contributed by atoms with Crippen molar-refractivity contribution in [1.82, 2.24) is 4.98 Å². The molecular weight excluding hydrogens is 242 g/mol. The molecule has 0 aromatic carbocycles. The fourth-order valence-electron chi connectivity index (χ4n) is 0.691. The molecule has 0 spiro atoms. The zero-order chi connectivity index (χ0) is 9.14. The molecular formula is C7H6BrNO2S. The second-order valence-corrected chi connectivity index (χ2v) is 3.57. The number of rotatable bonds is 2. The molecule has 5 heteroatoms. The molecule has 64 valence electrons. The first-order chi connectivity index (χ1) is 5.65. The monoisotopic (exact) mass is 247 g/mol. The van der Waals surface area contributed by atoms with Gasteiger partial charge in [-0.15, -0.1) is 11.8 Å². The van der Waals surface area contributed by atoms with Gasteiger partial charge in [0.25, 0.3) is 0 Å². The van der Waals surface area contributed by atoms with Crippen molar-refractivity contribution in [2.75, 3.05) is 6.26 Å². The summed E-state index contributed by atoms with van der Waals surface area (Å²) in [7, 11) is 0. The normalized spacial score (nSPS) is 9.83. The molecule has 1 N–H and O–H groups in total. The van der Waals surface area contributed by atoms with Crippen LogP contribution in [0.1, 0.15) is 10.4 Å². The van der Waals surface area contributed by atoms with Crippen LogP contribution in [0.15, 0.2) is 21.8 Å². The predicted octanol–water partition coefficient (Wildman–Crippen LogP) is 2.26. The van der Waals surface area contributed by atoms with Gasteiger partial charge in [0.1, 0.15) is 4.60 Å². The molecule has 0 unspecified atom stereocenters. The third-order valence-corrected chi connectivity index (χ3v) is 2.51. The maximum atomic E-state index is 10.5. The van der Waals surface area contributed by atoms with Gasteiger partial charge in [-0.25, -0.2) is 9.78 Å². The summed E-state index contributed by atoms with van der Waals surface area (Å²) in [6.07, 6.45) is 1.88. The average Bonchev–Trinajstić information content (AvgIpc) is 2.03. The Labute approximate surface area is 82.3 Å². The minimum Gasteiger partial charge on any atom is -0.478 e. The molecule has 1 aromatic rings. The molecule has 0 radical (unpaired) electrons. The lowest BCUT2D eigenvalue weighted by Gasteiger charge is -1.99. The topological polar surface area (TPSA) is 50.2 Å². The number of aromatic nitrogens is 1. The van der Waals surface area contributed by atoms with E-state index < -0.39 is 5.97 Å². The Balaban J connectivity index is 3.12. The number of hydrogen-bond donors (Lipinski definition) is 1. The number of pyridine rings is 1. The van der Waals surface area contributed by atoms with Crippen LogP contribution in [0.25, 0.3) is 0 Å². The molecule has 0 fully saturated rings. The minimum absolute atomic E-state index is 0.188. The Hall–Kier alpha value is -0.550. The summed E-state index contributed by atoms with van der Waals surface area (Å²) in [6, 6.07) is 3.21. The van der Waals surface area contributed by atoms with Crippen molar-refractivity contribution >= 4 is 33.7 Å². The van der Waals surface area contributed by atoms with E-state index in [0.29, 0.717) is 4.60 Å². The van der Waals surface area contributed by atoms with Crippen molar-refractivity contribution in [3.8, 4) is 0 Å². The molecule has 0 saturated carbocycles. The summed E-state index contributed by atoms with van der Waals surface area (Å²) in [4.78, 5) is 14.6. The number of carbonyl (C=O) groups is 1. The first-order valence-electron chi connectivity index (χ1n) is 3.09. The highest BCUT2D eigenvalue weighted by molar-refractivity contribution is 9.10. The molecule has 0 aliphatic carbocycles. The summed E-state index contributed by atoms with van der Waals surface area (Å²) in [5, 5.41) is 9.45. The molecule has 0 aliphatic heterocycles. The van der Waals surface area contributed by atoms with Crippen LogP contribution in [-0.4, -0.2) is 22.3 Å². The molecule has 1 aromatic heterocycles. The lowest BCUT2D eigenvalue weighted by Crippen LogP contribution is -1.99. The van der Waals surface area contributed by atoms with E-state index in [0.717, 1.165) is 5.03 Å². The van der Waals surface area contributed by atoms with Crippen LogP contribution in [0.5, 0.6) is 0 Å². The minimum atomic E-state index is -0.970. The average molecular weight is 248 g/mol. The van der Waals surface area contributed by atoms with Crippen LogP contribution < -0.4 is 0 Å². The van der Waals surface area contributed by atoms with Crippen LogP contribution in [0.2, 0.25) is 0 Å². The number of hydrogen-bond acceptors (Lipinski definition) is 3. The maximum Gasteiger partial charge on any atom is 0.338 e. The molecule has 0 amide bonds. The number of aromatic carboxylic acids is 1. The summed E-state index contributed by atoms with van der Waals surface area (Å²) in [5.41, 5.74) is 0.188. The fourth-order valence-corrected chi connectivity index (χ4v) is 1.69. The van der Waals surface area contributed by atoms with Crippen molar-refractivity contribution in [2.24, 2.45) is 0 Å². The Morgan fingerprint density at radius 2 is 2.33 bits per heavy atom. The van der Waals surface area contributed by atoms with Gasteiger partial charge in [0, 0.05) is 0 Å². The first-order valence-corrected chi connectivity index (χ1v) is 5.10. The molecule has 3 nitrogen and oxygen atoms in total. The summed E-state index contributed by atoms with van der Waals surface area (Å²) in [5.74, 6) is -0.970. The van der Waals surface area contributed by atoms with E-state index in [-0.39, 0.29) is 5.56 Å². The van der Waals surface area contributed by atoms with Gasteiger partial charge in [-0.2, -0.15) is 0 Å². The van der Waals surface area contributed by atoms with Gasteiger partial charge in [-0.05, 0) is 34.3 Å². The second-order valence-electron chi connectivity index (χ2n) is 2.00. The third kappa shape index (κ3) is 1.98. The van der Waals surface area contributed by atoms with Gasteiger partial charge in [0.15, 0.2) is 0 Å². The van der Waals surface area contributed by atoms with Crippen molar-refractivity contribution in [3.63, 3.8) is 0 Å². The summed E-state index contributed by atoms with van der Waals surface area (Å²) in [6.45, 7) is 0. The first kappa shape index (κ1) is 9.54. The molecule has 1 rings (SSSR count). The predicted molar refractivity (Wildman–Crippen MR) is 50.7 cm³/mol. The Bertz CT molecular complexity index is 316. The van der Waals surface area contributed by atoms with E-state index in [4.69, 9.17) is 5.11 Å². The van der Waals surface area contributed by atoms with E-state index in [1.165, 1.54) is 17.8 Å². The van der Waals surface area contributed by atoms with Crippen molar-refractivity contribution in [2.45, 2.75) is 5.03 Å². The van der Waals surface area contributed by atoms with Crippen molar-refractivity contribution in [1.29, 1.82) is 0 Å². The van der Waals surface area contributed by atoms with Crippen LogP contribution in [0, 0.1) is 0 Å². The summed E-state index contributed by atoms with van der Waals surface area (Å²) < 4.78 is 0.377. The molecule has 0 aliphatic rings. The highest BCUT2D eigenvalue weighted by Gasteiger charge is 2.08. The maximum absolute atomic E-state index is 10.5. The van der Waals surface area contributed by atoms with Crippen molar-refractivity contribution in [3.05, 3.63) is 22.3 Å². The Morgan fingerprint density at radius 1 is 1.67 bits per heavy atom. The number of carboxylic acids is 1. The Kier molecular flexibility index (Phi) is 3.11. The van der Waals surface area contributed by atoms with Gasteiger partial charge in [-0.3, -0.25) is 0 Å². The zero-order valence-corrected chi connectivity index (χ0v) is 8.65. The lowest BCUT2D eigenvalue weighted by atomic mass is 10.3. The molecule has 1 heterocycles. The number of thioether (sulfide) groups is 1. The van der Waals surface area contributed by atoms with Gasteiger partial charge >= 0.3 is 5.97 Å². The smallest absolute Gasteiger partial charge is 0.338 e. The number of carboxylic acid groups (broad SMARTS) is 1. The molecule has 12 heavy (non-hydrogen) atoms. The van der Waals surface area contributed by atoms with E-state index in [1.54, 1.807) is 6.07 Å². The van der Waals surface area contributed by atoms with Crippen LogP contribution in [0.3, 0.4) is 0 Å². The third-order valence-electron chi connectivity index (χ3n) is 1.26. The quantitative estimate of drug-likeness (QED) is 0.644. The van der Waals surface area contributed by atoms with Gasteiger partial charge < -0.3 is 5.11 Å². The molecule has 0 atom stereocenters. The van der Waals surface area contributed by atoms with E-state index in [1.807, 2.05) is 6.26 Å². The standard InChI is InChI=1S/C7H6BrNO2S/c1-12-5-3-2-4(7(10)11)6(8)9-5/h2-3H,1H3,(H,10,11). The van der Waals surface area contributed by atoms with Crippen molar-refractivity contribution < 1.29 is 9.90 Å². The largest absolute Gasteiger partial charge is 0.478 e. The highest BCUT2D eigenvalue weighted by atomic mass is 79.9. The SMILES string of the molecule is CSc1ccc(C(=O)O)c(Br)n1. The number of nitrogens with zero attached hydrogens (tertiary/aromatic N) is 1. The fraction of sp³-hybridized carbons (Fsp3) is 0.143. The van der Waals surface area contributed by atoms with E-state index >= 15 is 0 Å². The number of halogens is 1. The lowest BCUT2D eigenvalue weighted by molar-refractivity contribution is 0.0695. The summed E-state index contributed by atoms with van der Waals surface area (Å²) >= 11 is 4.55. The Morgan fingerprint density at radius 3 is 2.75 bits per heavy atom. The van der Waals surface area contributed by atoms with Crippen LogP contribution in [0.4, 0.5) is 0 Å². The van der Waals surface area contributed by atoms with Gasteiger partial charge in [0.2, 0.25) is 0 Å². The van der Waals surface area contributed by atoms with E-state index in [2.05, 4.69) is 20.9 Å². The second kappa shape index (κ2) is 3.91. The van der Waals surface area contributed by atoms with Crippen LogP contribution >= 0.6 is 27.7 Å². The molecule has 0 saturated heterocycles.